The zero-order valence-corrected chi connectivity index (χ0v) is 10.4. The van der Waals surface area contributed by atoms with E-state index in [0.717, 1.165) is 30.9 Å². The molecule has 2 heterocycles. The third-order valence-electron chi connectivity index (χ3n) is 3.66. The average molecular weight is 247 g/mol. The lowest BCUT2D eigenvalue weighted by atomic mass is 10.1. The number of fused-ring (bicyclic) bond motifs is 1. The lowest BCUT2D eigenvalue weighted by molar-refractivity contribution is -0.127. The molecule has 1 unspecified atom stereocenters. The van der Waals surface area contributed by atoms with Crippen molar-refractivity contribution in [2.24, 2.45) is 0 Å². The number of nitrogens with two attached hydrogens (primary N) is 1. The van der Waals surface area contributed by atoms with E-state index in [1.807, 2.05) is 25.2 Å². The molecule has 0 aromatic heterocycles. The van der Waals surface area contributed by atoms with Gasteiger partial charge in [-0.1, -0.05) is 0 Å². The Bertz CT molecular complexity index is 489. The van der Waals surface area contributed by atoms with E-state index in [2.05, 4.69) is 4.90 Å². The molecule has 0 radical (unpaired) electrons. The first-order valence-corrected chi connectivity index (χ1v) is 6.21. The van der Waals surface area contributed by atoms with Crippen LogP contribution in [-0.4, -0.2) is 43.6 Å². The van der Waals surface area contributed by atoms with Crippen LogP contribution in [-0.2, 0) is 4.79 Å². The summed E-state index contributed by atoms with van der Waals surface area (Å²) in [5.41, 5.74) is 7.42. The molecule has 0 aliphatic carbocycles. The van der Waals surface area contributed by atoms with E-state index in [0.29, 0.717) is 12.3 Å². The number of hydrogen-bond donors (Lipinski definition) is 1. The van der Waals surface area contributed by atoms with E-state index in [1.165, 1.54) is 0 Å². The topological polar surface area (TPSA) is 58.8 Å². The lowest BCUT2D eigenvalue weighted by Gasteiger charge is -2.34. The minimum Gasteiger partial charge on any atom is -0.489 e. The number of likely N-dealkylation sites (tertiary alicyclic amines) is 1. The van der Waals surface area contributed by atoms with Gasteiger partial charge in [-0.3, -0.25) is 4.79 Å². The summed E-state index contributed by atoms with van der Waals surface area (Å²) in [5.74, 6) is 0.975. The first-order chi connectivity index (χ1) is 8.66. The number of hydrogen-bond acceptors (Lipinski definition) is 4. The Morgan fingerprint density at radius 3 is 2.94 bits per heavy atom. The summed E-state index contributed by atoms with van der Waals surface area (Å²) in [7, 11) is 1.85. The van der Waals surface area contributed by atoms with Crippen LogP contribution in [0.25, 0.3) is 0 Å². The fourth-order valence-corrected chi connectivity index (χ4v) is 2.67. The summed E-state index contributed by atoms with van der Waals surface area (Å²) in [6, 6.07) is 5.56. The summed E-state index contributed by atoms with van der Waals surface area (Å²) < 4.78 is 5.61. The lowest BCUT2D eigenvalue weighted by Crippen LogP contribution is -2.45. The minimum absolute atomic E-state index is 0.0544. The molecule has 96 valence electrons. The summed E-state index contributed by atoms with van der Waals surface area (Å²) in [6.45, 7) is 2.18. The number of amides is 1. The maximum Gasteiger partial charge on any atom is 0.245 e. The first-order valence-electron chi connectivity index (χ1n) is 6.21. The van der Waals surface area contributed by atoms with Crippen molar-refractivity contribution in [2.45, 2.75) is 12.5 Å². The highest BCUT2D eigenvalue weighted by molar-refractivity contribution is 5.88. The van der Waals surface area contributed by atoms with Crippen molar-refractivity contribution in [3.05, 3.63) is 18.2 Å². The van der Waals surface area contributed by atoms with Crippen LogP contribution in [0.2, 0.25) is 0 Å². The van der Waals surface area contributed by atoms with Gasteiger partial charge in [0.15, 0.2) is 0 Å². The molecule has 1 amide bonds. The molecule has 2 aliphatic heterocycles. The highest BCUT2D eigenvalue weighted by atomic mass is 16.5. The third-order valence-corrected chi connectivity index (χ3v) is 3.66. The highest BCUT2D eigenvalue weighted by Crippen LogP contribution is 2.36. The number of benzene rings is 1. The van der Waals surface area contributed by atoms with Gasteiger partial charge in [0.2, 0.25) is 5.91 Å². The summed E-state index contributed by atoms with van der Waals surface area (Å²) >= 11 is 0. The van der Waals surface area contributed by atoms with Crippen molar-refractivity contribution < 1.29 is 9.53 Å². The Kier molecular flexibility index (Phi) is 2.54. The van der Waals surface area contributed by atoms with Crippen LogP contribution in [0.15, 0.2) is 18.2 Å². The molecule has 1 aromatic rings. The summed E-state index contributed by atoms with van der Waals surface area (Å²) in [4.78, 5) is 16.0. The monoisotopic (exact) mass is 247 g/mol. The maximum atomic E-state index is 12.1. The standard InChI is InChI=1S/C13H17N3O2/c1-15-5-4-11(13(15)17)16-6-7-18-12-8-9(14)2-3-10(12)16/h2-3,8,11H,4-7,14H2,1H3. The molecule has 0 spiro atoms. The predicted octanol–water partition coefficient (Wildman–Crippen LogP) is 0.698. The highest BCUT2D eigenvalue weighted by Gasteiger charge is 2.36. The quantitative estimate of drug-likeness (QED) is 0.742. The SMILES string of the molecule is CN1CCC(N2CCOc3cc(N)ccc32)C1=O. The largest absolute Gasteiger partial charge is 0.489 e. The molecule has 1 fully saturated rings. The van der Waals surface area contributed by atoms with E-state index in [9.17, 15) is 4.79 Å². The Morgan fingerprint density at radius 1 is 1.39 bits per heavy atom. The van der Waals surface area contributed by atoms with Gasteiger partial charge in [0.25, 0.3) is 0 Å². The van der Waals surface area contributed by atoms with Crippen molar-refractivity contribution in [2.75, 3.05) is 37.4 Å². The van der Waals surface area contributed by atoms with Crippen LogP contribution in [0.1, 0.15) is 6.42 Å². The van der Waals surface area contributed by atoms with Gasteiger partial charge in [-0.15, -0.1) is 0 Å². The van der Waals surface area contributed by atoms with Crippen molar-refractivity contribution in [1.82, 2.24) is 4.90 Å². The molecule has 2 aliphatic rings. The second-order valence-corrected chi connectivity index (χ2v) is 4.83. The van der Waals surface area contributed by atoms with Gasteiger partial charge in [0, 0.05) is 25.3 Å². The van der Waals surface area contributed by atoms with E-state index in [1.54, 1.807) is 4.90 Å². The van der Waals surface area contributed by atoms with Crippen LogP contribution in [0.3, 0.4) is 0 Å². The van der Waals surface area contributed by atoms with Gasteiger partial charge in [-0.25, -0.2) is 0 Å². The molecular formula is C13H17N3O2. The Labute approximate surface area is 106 Å². The number of carbonyl (C=O) groups excluding carboxylic acids is 1. The second-order valence-electron chi connectivity index (χ2n) is 4.83. The van der Waals surface area contributed by atoms with E-state index < -0.39 is 0 Å². The number of anilines is 2. The Morgan fingerprint density at radius 2 is 2.22 bits per heavy atom. The van der Waals surface area contributed by atoms with Gasteiger partial charge in [0.05, 0.1) is 12.2 Å². The number of carbonyl (C=O) groups is 1. The molecule has 18 heavy (non-hydrogen) atoms. The van der Waals surface area contributed by atoms with Crippen LogP contribution in [0.4, 0.5) is 11.4 Å². The Balaban J connectivity index is 1.94. The van der Waals surface area contributed by atoms with E-state index in [4.69, 9.17) is 10.5 Å². The smallest absolute Gasteiger partial charge is 0.245 e. The molecule has 2 N–H and O–H groups in total. The molecule has 5 nitrogen and oxygen atoms in total. The van der Waals surface area contributed by atoms with Crippen molar-refractivity contribution in [3.63, 3.8) is 0 Å². The average Bonchev–Trinajstić information content (AvgIpc) is 2.69. The fraction of sp³-hybridized carbons (Fsp3) is 0.462. The predicted molar refractivity (Wildman–Crippen MR) is 69.7 cm³/mol. The molecule has 5 heteroatoms. The second kappa shape index (κ2) is 4.08. The molecule has 0 bridgehead atoms. The summed E-state index contributed by atoms with van der Waals surface area (Å²) in [6.07, 6.45) is 0.874. The third kappa shape index (κ3) is 1.66. The van der Waals surface area contributed by atoms with E-state index >= 15 is 0 Å². The molecule has 3 rings (SSSR count). The van der Waals surface area contributed by atoms with Gasteiger partial charge >= 0.3 is 0 Å². The minimum atomic E-state index is -0.0544. The number of likely N-dealkylation sites (N-methyl/N-ethyl adjacent to an activating group) is 1. The number of nitrogens with zero attached hydrogens (tertiary/aromatic N) is 2. The fourth-order valence-electron chi connectivity index (χ4n) is 2.67. The van der Waals surface area contributed by atoms with Crippen molar-refractivity contribution in [1.29, 1.82) is 0 Å². The Hall–Kier alpha value is -1.91. The van der Waals surface area contributed by atoms with Crippen LogP contribution < -0.4 is 15.4 Å². The maximum absolute atomic E-state index is 12.1. The number of rotatable bonds is 1. The van der Waals surface area contributed by atoms with Crippen LogP contribution in [0.5, 0.6) is 5.75 Å². The van der Waals surface area contributed by atoms with Crippen LogP contribution >= 0.6 is 0 Å². The molecule has 0 saturated carbocycles. The number of nitrogen functional groups attached to an aromatic ring is 1. The van der Waals surface area contributed by atoms with Gasteiger partial charge in [-0.2, -0.15) is 0 Å². The summed E-state index contributed by atoms with van der Waals surface area (Å²) in [5, 5.41) is 0. The van der Waals surface area contributed by atoms with Crippen molar-refractivity contribution in [3.8, 4) is 5.75 Å². The zero-order valence-electron chi connectivity index (χ0n) is 10.4. The molecule has 1 aromatic carbocycles. The molecule has 1 saturated heterocycles. The van der Waals surface area contributed by atoms with Gasteiger partial charge in [-0.05, 0) is 18.6 Å². The van der Waals surface area contributed by atoms with Gasteiger partial charge < -0.3 is 20.3 Å². The first kappa shape index (κ1) is 11.2. The number of ether oxygens (including phenoxy) is 1. The normalized spacial score (nSPS) is 22.9. The van der Waals surface area contributed by atoms with Gasteiger partial charge in [0.1, 0.15) is 18.4 Å². The molecular weight excluding hydrogens is 230 g/mol. The van der Waals surface area contributed by atoms with Crippen LogP contribution in [0, 0.1) is 0 Å². The molecule has 1 atom stereocenters. The zero-order chi connectivity index (χ0) is 12.7. The van der Waals surface area contributed by atoms with E-state index in [-0.39, 0.29) is 11.9 Å². The van der Waals surface area contributed by atoms with Crippen molar-refractivity contribution >= 4 is 17.3 Å².